The summed E-state index contributed by atoms with van der Waals surface area (Å²) in [5.74, 6) is -0.304. The van der Waals surface area contributed by atoms with Crippen LogP contribution in [0.15, 0.2) is 127 Å². The number of fused-ring (bicyclic) bond motifs is 1. The van der Waals surface area contributed by atoms with Gasteiger partial charge in [0.1, 0.15) is 24.8 Å². The first-order chi connectivity index (χ1) is 23.2. The Morgan fingerprint density at radius 3 is 2.00 bits per heavy atom. The molecule has 0 amide bonds. The van der Waals surface area contributed by atoms with Crippen molar-refractivity contribution in [1.82, 2.24) is 4.57 Å². The minimum Gasteiger partial charge on any atom is -0.488 e. The molecule has 48 heavy (non-hydrogen) atoms. The number of ether oxygens (including phenoxy) is 3. The quantitative estimate of drug-likeness (QED) is 0.124. The van der Waals surface area contributed by atoms with Crippen molar-refractivity contribution in [2.75, 3.05) is 6.61 Å². The van der Waals surface area contributed by atoms with Crippen LogP contribution in [-0.4, -0.2) is 23.8 Å². The van der Waals surface area contributed by atoms with Crippen LogP contribution < -0.4 is 4.74 Å². The van der Waals surface area contributed by atoms with Crippen molar-refractivity contribution < 1.29 is 32.2 Å². The van der Waals surface area contributed by atoms with Gasteiger partial charge >= 0.3 is 12.6 Å². The molecule has 0 fully saturated rings. The minimum absolute atomic E-state index is 0.136. The first kappa shape index (κ1) is 32.6. The lowest BCUT2D eigenvalue weighted by Crippen LogP contribution is -2.29. The second kappa shape index (κ2) is 14.2. The summed E-state index contributed by atoms with van der Waals surface area (Å²) >= 11 is 0. The minimum atomic E-state index is -2.97. The van der Waals surface area contributed by atoms with E-state index in [0.717, 1.165) is 27.6 Å². The molecule has 0 atom stereocenters. The molecule has 8 heteroatoms. The zero-order chi connectivity index (χ0) is 33.7. The summed E-state index contributed by atoms with van der Waals surface area (Å²) in [6.07, 6.45) is 0. The van der Waals surface area contributed by atoms with Crippen molar-refractivity contribution in [3.05, 3.63) is 156 Å². The zero-order valence-corrected chi connectivity index (χ0v) is 26.5. The second-order valence-electron chi connectivity index (χ2n) is 12.1. The number of carbonyl (C=O) groups excluding carboxylic acids is 1. The lowest BCUT2D eigenvalue weighted by atomic mass is 9.84. The summed E-state index contributed by atoms with van der Waals surface area (Å²) in [6.45, 7) is 0.805. The smallest absolute Gasteiger partial charge is 0.345 e. The van der Waals surface area contributed by atoms with Crippen LogP contribution in [0, 0.1) is 5.82 Å². The molecule has 1 aromatic heterocycles. The van der Waals surface area contributed by atoms with Crippen molar-refractivity contribution >= 4 is 16.9 Å². The van der Waals surface area contributed by atoms with Gasteiger partial charge in [0.15, 0.2) is 0 Å². The van der Waals surface area contributed by atoms with Crippen LogP contribution in [-0.2, 0) is 28.1 Å². The monoisotopic (exact) mass is 649 g/mol. The van der Waals surface area contributed by atoms with Gasteiger partial charge in [0.05, 0.1) is 23.1 Å². The Labute approximate surface area is 277 Å². The Balaban J connectivity index is 1.51. The van der Waals surface area contributed by atoms with Crippen LogP contribution in [0.2, 0.25) is 0 Å². The largest absolute Gasteiger partial charge is 0.488 e. The zero-order valence-electron chi connectivity index (χ0n) is 26.5. The highest BCUT2D eigenvalue weighted by Gasteiger charge is 2.34. The highest BCUT2D eigenvalue weighted by Crippen LogP contribution is 2.46. The average molecular weight is 650 g/mol. The van der Waals surface area contributed by atoms with E-state index in [4.69, 9.17) is 14.2 Å². The number of benzene rings is 5. The molecular weight excluding hydrogens is 615 g/mol. The Bertz CT molecular complexity index is 1990. The maximum atomic E-state index is 14.1. The maximum Gasteiger partial charge on any atom is 0.345 e. The summed E-state index contributed by atoms with van der Waals surface area (Å²) in [5, 5.41) is 0.734. The van der Waals surface area contributed by atoms with Crippen LogP contribution in [0.5, 0.6) is 5.75 Å². The molecule has 0 saturated heterocycles. The van der Waals surface area contributed by atoms with Gasteiger partial charge in [0, 0.05) is 22.4 Å². The van der Waals surface area contributed by atoms with Crippen LogP contribution in [0.3, 0.4) is 0 Å². The molecule has 5 aromatic carbocycles. The summed E-state index contributed by atoms with van der Waals surface area (Å²) in [5.41, 5.74) is 4.67. The lowest BCUT2D eigenvalue weighted by molar-refractivity contribution is -0.139. The van der Waals surface area contributed by atoms with Crippen molar-refractivity contribution in [3.63, 3.8) is 0 Å². The van der Waals surface area contributed by atoms with Gasteiger partial charge in [-0.1, -0.05) is 92.7 Å². The van der Waals surface area contributed by atoms with E-state index >= 15 is 0 Å². The van der Waals surface area contributed by atoms with Gasteiger partial charge in [0.2, 0.25) is 0 Å². The normalized spacial score (nSPS) is 11.6. The molecule has 5 nitrogen and oxygen atoms in total. The molecule has 6 aromatic rings. The Morgan fingerprint density at radius 2 is 1.38 bits per heavy atom. The Morgan fingerprint density at radius 1 is 0.750 bits per heavy atom. The third-order valence-corrected chi connectivity index (χ3v) is 8.11. The fourth-order valence-corrected chi connectivity index (χ4v) is 5.86. The molecule has 0 aliphatic heterocycles. The molecule has 0 aliphatic rings. The number of esters is 1. The predicted molar refractivity (Wildman–Crippen MR) is 180 cm³/mol. The van der Waals surface area contributed by atoms with Crippen molar-refractivity contribution in [2.45, 2.75) is 39.1 Å². The Kier molecular flexibility index (Phi) is 9.64. The highest BCUT2D eigenvalue weighted by molar-refractivity contribution is 6.04. The van der Waals surface area contributed by atoms with Gasteiger partial charge in [-0.05, 0) is 65.2 Å². The van der Waals surface area contributed by atoms with E-state index < -0.39 is 23.8 Å². The molecule has 0 spiro atoms. The topological polar surface area (TPSA) is 49.7 Å². The van der Waals surface area contributed by atoms with E-state index in [1.54, 1.807) is 24.3 Å². The van der Waals surface area contributed by atoms with Crippen LogP contribution in [0.1, 0.15) is 41.0 Å². The standard InChI is InChI=1S/C40H34F3NO4/c1-40(2,26-48-39(42)43)37-35(29-16-18-30(19-17-29)38(45)47-25-28-12-7-4-8-13-28)36-33(44(37)32-22-20-31(41)21-23-32)14-9-15-34(36)46-24-27-10-5-3-6-11-27/h3-23,39H,24-26H2,1-2H3. The number of carbonyl (C=O) groups is 1. The maximum absolute atomic E-state index is 14.1. The van der Waals surface area contributed by atoms with E-state index in [0.29, 0.717) is 34.9 Å². The number of hydrogen-bond acceptors (Lipinski definition) is 4. The molecule has 244 valence electrons. The van der Waals surface area contributed by atoms with E-state index in [1.165, 1.54) is 12.1 Å². The number of aromatic nitrogens is 1. The third-order valence-electron chi connectivity index (χ3n) is 8.11. The summed E-state index contributed by atoms with van der Waals surface area (Å²) in [7, 11) is 0. The highest BCUT2D eigenvalue weighted by atomic mass is 19.3. The van der Waals surface area contributed by atoms with Gasteiger partial charge in [-0.15, -0.1) is 0 Å². The fraction of sp³-hybridized carbons (Fsp3) is 0.175. The van der Waals surface area contributed by atoms with Gasteiger partial charge in [0.25, 0.3) is 0 Å². The molecule has 6 rings (SSSR count). The molecule has 1 heterocycles. The second-order valence-corrected chi connectivity index (χ2v) is 12.1. The summed E-state index contributed by atoms with van der Waals surface area (Å²) in [6, 6.07) is 37.8. The average Bonchev–Trinajstić information content (AvgIpc) is 3.47. The van der Waals surface area contributed by atoms with Gasteiger partial charge in [-0.2, -0.15) is 8.78 Å². The van der Waals surface area contributed by atoms with E-state index in [1.807, 2.05) is 109 Å². The number of rotatable bonds is 12. The van der Waals surface area contributed by atoms with Crippen LogP contribution in [0.25, 0.3) is 27.7 Å². The number of hydrogen-bond donors (Lipinski definition) is 0. The van der Waals surface area contributed by atoms with E-state index in [-0.39, 0.29) is 13.2 Å². The molecule has 0 unspecified atom stereocenters. The first-order valence-corrected chi connectivity index (χ1v) is 15.5. The van der Waals surface area contributed by atoms with Gasteiger partial charge < -0.3 is 18.8 Å². The molecule has 0 radical (unpaired) electrons. The molecule has 0 bridgehead atoms. The first-order valence-electron chi connectivity index (χ1n) is 15.5. The van der Waals surface area contributed by atoms with Crippen LogP contribution in [0.4, 0.5) is 13.2 Å². The molecule has 0 aliphatic carbocycles. The van der Waals surface area contributed by atoms with Crippen molar-refractivity contribution in [2.24, 2.45) is 0 Å². The predicted octanol–water partition coefficient (Wildman–Crippen LogP) is 9.89. The van der Waals surface area contributed by atoms with E-state index in [9.17, 15) is 18.0 Å². The number of alkyl halides is 2. The van der Waals surface area contributed by atoms with E-state index in [2.05, 4.69) is 0 Å². The molecule has 0 N–H and O–H groups in total. The summed E-state index contributed by atoms with van der Waals surface area (Å²) in [4.78, 5) is 13.0. The van der Waals surface area contributed by atoms with Gasteiger partial charge in [-0.25, -0.2) is 9.18 Å². The SMILES string of the molecule is CC(C)(COC(F)F)c1c(-c2ccc(C(=O)OCc3ccccc3)cc2)c2c(OCc3ccccc3)cccc2n1-c1ccc(F)cc1. The number of nitrogens with zero attached hydrogens (tertiary/aromatic N) is 1. The van der Waals surface area contributed by atoms with Crippen molar-refractivity contribution in [3.8, 4) is 22.6 Å². The number of halogens is 3. The fourth-order valence-electron chi connectivity index (χ4n) is 5.86. The lowest BCUT2D eigenvalue weighted by Gasteiger charge is -2.28. The summed E-state index contributed by atoms with van der Waals surface area (Å²) < 4.78 is 59.9. The molecule has 0 saturated carbocycles. The van der Waals surface area contributed by atoms with Crippen molar-refractivity contribution in [1.29, 1.82) is 0 Å². The van der Waals surface area contributed by atoms with Crippen LogP contribution >= 0.6 is 0 Å². The third kappa shape index (κ3) is 7.14. The molecular formula is C40H34F3NO4. The van der Waals surface area contributed by atoms with Gasteiger partial charge in [-0.3, -0.25) is 0 Å². The Hall–Kier alpha value is -5.34.